The van der Waals surface area contributed by atoms with Crippen LogP contribution in [0.1, 0.15) is 25.0 Å². The summed E-state index contributed by atoms with van der Waals surface area (Å²) in [6.45, 7) is 10.7. The maximum atomic E-state index is 11.4. The third-order valence-electron chi connectivity index (χ3n) is 4.79. The number of carbonyl (C=O) groups is 1. The zero-order chi connectivity index (χ0) is 18.0. The predicted octanol–water partition coefficient (Wildman–Crippen LogP) is 3.66. The molecule has 3 rings (SSSR count). The van der Waals surface area contributed by atoms with E-state index in [0.29, 0.717) is 5.56 Å². The summed E-state index contributed by atoms with van der Waals surface area (Å²) in [5.41, 5.74) is 3.18. The first-order valence-corrected chi connectivity index (χ1v) is 8.62. The van der Waals surface area contributed by atoms with Crippen molar-refractivity contribution in [1.82, 2.24) is 4.90 Å². The molecule has 138 valence electrons. The Morgan fingerprint density at radius 2 is 1.81 bits per heavy atom. The minimum atomic E-state index is -1.24. The maximum absolute atomic E-state index is 11.4. The van der Waals surface area contributed by atoms with Gasteiger partial charge in [0.05, 0.1) is 5.97 Å². The number of carboxylic acid groups (broad SMARTS) is 1. The van der Waals surface area contributed by atoms with Crippen LogP contribution in [0.2, 0.25) is 0 Å². The van der Waals surface area contributed by atoms with E-state index in [9.17, 15) is 9.90 Å². The van der Waals surface area contributed by atoms with Crippen LogP contribution in [0.15, 0.2) is 47.4 Å². The third kappa shape index (κ3) is 3.62. The Kier molecular flexibility index (Phi) is 6.46. The summed E-state index contributed by atoms with van der Waals surface area (Å²) in [5, 5.41) is 13.4. The summed E-state index contributed by atoms with van der Waals surface area (Å²) >= 11 is 0. The van der Waals surface area contributed by atoms with Crippen molar-refractivity contribution in [3.8, 4) is 0 Å². The monoisotopic (exact) mass is 372 g/mol. The molecule has 0 radical (unpaired) electrons. The molecule has 0 saturated carbocycles. The lowest BCUT2D eigenvalue weighted by atomic mass is 9.93. The number of furan rings is 1. The first-order valence-electron chi connectivity index (χ1n) is 8.62. The molecule has 0 aliphatic heterocycles. The quantitative estimate of drug-likeness (QED) is 0.594. The number of fused-ring (bicyclic) bond motifs is 3. The van der Waals surface area contributed by atoms with Crippen molar-refractivity contribution in [1.29, 1.82) is 0 Å². The number of carboxylic acids is 1. The van der Waals surface area contributed by atoms with Crippen LogP contribution in [0.4, 0.5) is 0 Å². The molecule has 0 aliphatic rings. The van der Waals surface area contributed by atoms with Crippen LogP contribution in [-0.2, 0) is 11.2 Å². The van der Waals surface area contributed by atoms with Crippen LogP contribution in [0, 0.1) is 0 Å². The lowest BCUT2D eigenvalue weighted by Crippen LogP contribution is -2.26. The number of nitrogens with zero attached hydrogens (tertiary/aromatic N) is 1. The second-order valence-corrected chi connectivity index (χ2v) is 6.11. The van der Waals surface area contributed by atoms with E-state index in [1.807, 2.05) is 30.3 Å². The zero-order valence-electron chi connectivity index (χ0n) is 15.1. The van der Waals surface area contributed by atoms with E-state index >= 15 is 0 Å². The lowest BCUT2D eigenvalue weighted by Gasteiger charge is -2.20. The fourth-order valence-corrected chi connectivity index (χ4v) is 3.35. The van der Waals surface area contributed by atoms with Crippen molar-refractivity contribution in [3.63, 3.8) is 0 Å². The molecule has 26 heavy (non-hydrogen) atoms. The highest BCUT2D eigenvalue weighted by molar-refractivity contribution is 6.16. The number of aliphatic carboxylic acids is 1. The molecule has 0 fully saturated rings. The molecule has 0 unspecified atom stereocenters. The number of para-hydroxylation sites is 1. The number of hydrogen-bond acceptors (Lipinski definition) is 4. The Bertz CT molecular complexity index is 941. The number of rotatable bonds is 7. The summed E-state index contributed by atoms with van der Waals surface area (Å²) in [4.78, 5) is 13.7. The highest BCUT2D eigenvalue weighted by Crippen LogP contribution is 2.35. The summed E-state index contributed by atoms with van der Waals surface area (Å²) in [6.07, 6.45) is 0.726. The van der Waals surface area contributed by atoms with Gasteiger partial charge in [0.1, 0.15) is 11.2 Å². The summed E-state index contributed by atoms with van der Waals surface area (Å²) in [6, 6.07) is 11.4. The molecule has 4 nitrogen and oxygen atoms in total. The van der Waals surface area contributed by atoms with Gasteiger partial charge in [0.15, 0.2) is 0 Å². The van der Waals surface area contributed by atoms with Gasteiger partial charge in [0.2, 0.25) is 0 Å². The van der Waals surface area contributed by atoms with Crippen LogP contribution in [0.25, 0.3) is 27.5 Å². The van der Waals surface area contributed by atoms with Crippen LogP contribution >= 0.6 is 12.4 Å². The molecule has 1 aromatic heterocycles. The van der Waals surface area contributed by atoms with E-state index in [1.54, 1.807) is 6.07 Å². The predicted molar refractivity (Wildman–Crippen MR) is 107 cm³/mol. The maximum Gasteiger partial charge on any atom is 0.135 e. The number of hydrogen-bond donors (Lipinski definition) is 0. The first kappa shape index (κ1) is 20.0. The average molecular weight is 373 g/mol. The second kappa shape index (κ2) is 8.39. The number of likely N-dealkylation sites (N-methyl/N-ethyl adjacent to an activating group) is 1. The first-order chi connectivity index (χ1) is 12.1. The van der Waals surface area contributed by atoms with Crippen molar-refractivity contribution >= 4 is 45.9 Å². The minimum Gasteiger partial charge on any atom is -0.545 e. The fourth-order valence-electron chi connectivity index (χ4n) is 3.35. The molecule has 0 amide bonds. The average Bonchev–Trinajstić information content (AvgIpc) is 3.00. The molecule has 0 bridgehead atoms. The van der Waals surface area contributed by atoms with Gasteiger partial charge in [-0.3, -0.25) is 0 Å². The minimum absolute atomic E-state index is 0. The van der Waals surface area contributed by atoms with Gasteiger partial charge in [-0.2, -0.15) is 0 Å². The Hall–Kier alpha value is -2.30. The zero-order valence-corrected chi connectivity index (χ0v) is 15.9. The summed E-state index contributed by atoms with van der Waals surface area (Å²) < 4.78 is 5.94. The normalized spacial score (nSPS) is 11.0. The molecule has 3 aromatic rings. The molecule has 1 heterocycles. The van der Waals surface area contributed by atoms with Crippen molar-refractivity contribution < 1.29 is 14.3 Å². The highest BCUT2D eigenvalue weighted by atomic mass is 35.5. The summed E-state index contributed by atoms with van der Waals surface area (Å²) in [7, 11) is 0. The lowest BCUT2D eigenvalue weighted by molar-refractivity contribution is -0.295. The molecule has 0 N–H and O–H groups in total. The van der Waals surface area contributed by atoms with Gasteiger partial charge >= 0.3 is 0 Å². The molecule has 0 spiro atoms. The molecular formula is C21H23ClNO3-. The molecular weight excluding hydrogens is 350 g/mol. The Morgan fingerprint density at radius 1 is 1.12 bits per heavy atom. The second-order valence-electron chi connectivity index (χ2n) is 6.11. The van der Waals surface area contributed by atoms with Crippen LogP contribution in [0.5, 0.6) is 0 Å². The van der Waals surface area contributed by atoms with E-state index in [0.717, 1.165) is 53.6 Å². The van der Waals surface area contributed by atoms with Gasteiger partial charge in [0, 0.05) is 17.3 Å². The van der Waals surface area contributed by atoms with Crippen LogP contribution < -0.4 is 5.11 Å². The van der Waals surface area contributed by atoms with Gasteiger partial charge in [-0.1, -0.05) is 44.7 Å². The van der Waals surface area contributed by atoms with Crippen LogP contribution in [-0.4, -0.2) is 30.5 Å². The molecule has 5 heteroatoms. The number of benzene rings is 2. The Labute approximate surface area is 159 Å². The topological polar surface area (TPSA) is 56.5 Å². The van der Waals surface area contributed by atoms with Gasteiger partial charge in [-0.25, -0.2) is 0 Å². The van der Waals surface area contributed by atoms with Crippen molar-refractivity contribution in [2.75, 3.05) is 19.6 Å². The van der Waals surface area contributed by atoms with E-state index in [-0.39, 0.29) is 18.0 Å². The van der Waals surface area contributed by atoms with E-state index in [4.69, 9.17) is 4.42 Å². The SMILES string of the molecule is C=C(C(=O)[O-])c1ccc2oc3ccccc3c2c1CCN(CC)CC.Cl. The smallest absolute Gasteiger partial charge is 0.135 e. The number of halogens is 1. The largest absolute Gasteiger partial charge is 0.545 e. The fraction of sp³-hybridized carbons (Fsp3) is 0.286. The Balaban J connectivity index is 0.00000243. The van der Waals surface area contributed by atoms with E-state index < -0.39 is 5.97 Å². The van der Waals surface area contributed by atoms with Crippen LogP contribution in [0.3, 0.4) is 0 Å². The van der Waals surface area contributed by atoms with Gasteiger partial charge in [-0.05, 0) is 48.3 Å². The number of carbonyl (C=O) groups excluding carboxylic acids is 1. The van der Waals surface area contributed by atoms with E-state index in [1.165, 1.54) is 0 Å². The standard InChI is InChI=1S/C21H23NO3.ClH/c1-4-22(5-2)13-12-16-15(14(3)21(23)24)10-11-19-20(16)17-8-6-7-9-18(17)25-19;/h6-11H,3-5,12-13H2,1-2H3,(H,23,24);1H/p-1. The van der Waals surface area contributed by atoms with Crippen molar-refractivity contribution in [2.24, 2.45) is 0 Å². The summed E-state index contributed by atoms with van der Waals surface area (Å²) in [5.74, 6) is -1.24. The highest BCUT2D eigenvalue weighted by Gasteiger charge is 2.17. The van der Waals surface area contributed by atoms with Crippen molar-refractivity contribution in [3.05, 3.63) is 54.1 Å². The van der Waals surface area contributed by atoms with Gasteiger partial charge in [0.25, 0.3) is 0 Å². The van der Waals surface area contributed by atoms with Gasteiger partial charge < -0.3 is 19.2 Å². The molecule has 0 atom stereocenters. The molecule has 0 saturated heterocycles. The van der Waals surface area contributed by atoms with E-state index in [2.05, 4.69) is 25.3 Å². The Morgan fingerprint density at radius 3 is 2.46 bits per heavy atom. The van der Waals surface area contributed by atoms with Crippen molar-refractivity contribution in [2.45, 2.75) is 20.3 Å². The molecule has 2 aromatic carbocycles. The third-order valence-corrected chi connectivity index (χ3v) is 4.79. The molecule has 0 aliphatic carbocycles. The van der Waals surface area contributed by atoms with Gasteiger partial charge in [-0.15, -0.1) is 12.4 Å².